The molecule has 1 amide bonds. The zero-order valence-corrected chi connectivity index (χ0v) is 20.6. The third-order valence-corrected chi connectivity index (χ3v) is 6.37. The molecule has 0 saturated carbocycles. The van der Waals surface area contributed by atoms with E-state index in [0.29, 0.717) is 17.9 Å². The van der Waals surface area contributed by atoms with Gasteiger partial charge in [0.15, 0.2) is 0 Å². The summed E-state index contributed by atoms with van der Waals surface area (Å²) in [6.07, 6.45) is 4.02. The normalized spacial score (nSPS) is 13.3. The highest BCUT2D eigenvalue weighted by Crippen LogP contribution is 2.23. The lowest BCUT2D eigenvalue weighted by molar-refractivity contribution is 0.0696. The van der Waals surface area contributed by atoms with E-state index in [1.807, 2.05) is 42.5 Å². The average Bonchev–Trinajstić information content (AvgIpc) is 3.39. The van der Waals surface area contributed by atoms with E-state index in [2.05, 4.69) is 38.0 Å². The second-order valence-electron chi connectivity index (χ2n) is 7.92. The number of carboxylic acids is 1. The summed E-state index contributed by atoms with van der Waals surface area (Å²) in [5, 5.41) is 13.1. The predicted octanol–water partition coefficient (Wildman–Crippen LogP) is 4.93. The van der Waals surface area contributed by atoms with Gasteiger partial charge in [0.25, 0.3) is 5.91 Å². The number of amides is 1. The highest BCUT2D eigenvalue weighted by Gasteiger charge is 2.13. The maximum Gasteiger partial charge on any atom is 0.335 e. The Morgan fingerprint density at radius 2 is 1.68 bits per heavy atom. The minimum atomic E-state index is -0.953. The molecule has 0 unspecified atom stereocenters. The fraction of sp³-hybridized carbons (Fsp3) is 0.192. The Labute approximate surface area is 211 Å². The molecule has 0 bridgehead atoms. The smallest absolute Gasteiger partial charge is 0.335 e. The van der Waals surface area contributed by atoms with Crippen molar-refractivity contribution in [3.05, 3.63) is 92.6 Å². The first-order valence-electron chi connectivity index (χ1n) is 10.9. The molecule has 1 fully saturated rings. The lowest BCUT2D eigenvalue weighted by Crippen LogP contribution is -2.19. The first kappa shape index (κ1) is 23.7. The Morgan fingerprint density at radius 1 is 1.00 bits per heavy atom. The number of carbonyl (C=O) groups is 2. The molecule has 0 aromatic heterocycles. The van der Waals surface area contributed by atoms with Crippen molar-refractivity contribution in [3.63, 3.8) is 0 Å². The molecule has 0 aliphatic carbocycles. The van der Waals surface area contributed by atoms with E-state index >= 15 is 0 Å². The topological polar surface area (TPSA) is 91.2 Å². The van der Waals surface area contributed by atoms with E-state index in [4.69, 9.17) is 9.84 Å². The molecule has 0 radical (unpaired) electrons. The van der Waals surface area contributed by atoms with Crippen molar-refractivity contribution in [1.82, 2.24) is 5.43 Å². The first-order valence-corrected chi connectivity index (χ1v) is 12.0. The highest BCUT2D eigenvalue weighted by molar-refractivity contribution is 14.1. The number of carbonyl (C=O) groups excluding carboxylic acids is 1. The van der Waals surface area contributed by atoms with E-state index in [0.717, 1.165) is 33.5 Å². The number of nitrogens with one attached hydrogen (secondary N) is 1. The van der Waals surface area contributed by atoms with E-state index in [9.17, 15) is 9.59 Å². The predicted molar refractivity (Wildman–Crippen MR) is 140 cm³/mol. The molecule has 3 aromatic rings. The number of ether oxygens (including phenoxy) is 1. The summed E-state index contributed by atoms with van der Waals surface area (Å²) in [5.74, 6) is -0.499. The van der Waals surface area contributed by atoms with Crippen molar-refractivity contribution < 1.29 is 19.4 Å². The maximum atomic E-state index is 12.4. The van der Waals surface area contributed by atoms with Crippen LogP contribution in [0.4, 0.5) is 5.69 Å². The van der Waals surface area contributed by atoms with Gasteiger partial charge in [0.05, 0.1) is 15.3 Å². The molecule has 1 heterocycles. The standard InChI is InChI=1S/C26H24IN3O4/c27-23-15-19(5-12-24(23)34-17-18-3-6-21(7-4-18)26(32)33)16-28-29-25(31)20-8-10-22(11-9-20)30-13-1-2-14-30/h3-12,15-16H,1-2,13-14,17H2,(H,29,31)(H,32,33)/b28-16-. The van der Waals surface area contributed by atoms with Gasteiger partial charge in [0.1, 0.15) is 12.4 Å². The van der Waals surface area contributed by atoms with Gasteiger partial charge < -0.3 is 14.7 Å². The number of hydrazone groups is 1. The molecular weight excluding hydrogens is 545 g/mol. The SMILES string of the molecule is O=C(O)c1ccc(COc2ccc(/C=N\NC(=O)c3ccc(N4CCCC4)cc3)cc2I)cc1. The third kappa shape index (κ3) is 6.13. The van der Waals surface area contributed by atoms with Crippen molar-refractivity contribution in [2.24, 2.45) is 5.10 Å². The molecule has 7 nitrogen and oxygen atoms in total. The van der Waals surface area contributed by atoms with Crippen molar-refractivity contribution >= 4 is 46.4 Å². The number of rotatable bonds is 8. The summed E-state index contributed by atoms with van der Waals surface area (Å²) in [7, 11) is 0. The lowest BCUT2D eigenvalue weighted by Gasteiger charge is -2.17. The molecule has 3 aromatic carbocycles. The van der Waals surface area contributed by atoms with E-state index < -0.39 is 5.97 Å². The van der Waals surface area contributed by atoms with Crippen LogP contribution in [0.15, 0.2) is 71.8 Å². The van der Waals surface area contributed by atoms with Gasteiger partial charge in [0.2, 0.25) is 0 Å². The molecule has 1 aliphatic heterocycles. The lowest BCUT2D eigenvalue weighted by atomic mass is 10.1. The van der Waals surface area contributed by atoms with Crippen LogP contribution in [0.1, 0.15) is 44.7 Å². The van der Waals surface area contributed by atoms with Crippen LogP contribution in [-0.2, 0) is 6.61 Å². The first-order chi connectivity index (χ1) is 16.5. The van der Waals surface area contributed by atoms with Gasteiger partial charge in [-0.25, -0.2) is 10.2 Å². The Hall–Kier alpha value is -3.40. The van der Waals surface area contributed by atoms with Crippen LogP contribution in [0.3, 0.4) is 0 Å². The van der Waals surface area contributed by atoms with E-state index in [1.54, 1.807) is 30.5 Å². The maximum absolute atomic E-state index is 12.4. The number of anilines is 1. The average molecular weight is 569 g/mol. The quantitative estimate of drug-likeness (QED) is 0.228. The molecule has 0 atom stereocenters. The summed E-state index contributed by atoms with van der Waals surface area (Å²) in [4.78, 5) is 25.6. The molecule has 2 N–H and O–H groups in total. The van der Waals surface area contributed by atoms with Crippen LogP contribution < -0.4 is 15.1 Å². The number of carboxylic acid groups (broad SMARTS) is 1. The van der Waals surface area contributed by atoms with Gasteiger partial charge in [-0.15, -0.1) is 0 Å². The molecule has 8 heteroatoms. The molecule has 4 rings (SSSR count). The summed E-state index contributed by atoms with van der Waals surface area (Å²) in [5.41, 5.74) is 6.23. The number of hydrogen-bond acceptors (Lipinski definition) is 5. The zero-order chi connectivity index (χ0) is 23.9. The number of aromatic carboxylic acids is 1. The molecular formula is C26H24IN3O4. The summed E-state index contributed by atoms with van der Waals surface area (Å²) < 4.78 is 6.75. The Bertz CT molecular complexity index is 1190. The molecule has 1 saturated heterocycles. The van der Waals surface area contributed by atoms with Crippen molar-refractivity contribution in [2.45, 2.75) is 19.4 Å². The second kappa shape index (κ2) is 11.1. The fourth-order valence-corrected chi connectivity index (χ4v) is 4.34. The fourth-order valence-electron chi connectivity index (χ4n) is 3.65. The van der Waals surface area contributed by atoms with Crippen LogP contribution in [0, 0.1) is 3.57 Å². The number of benzene rings is 3. The second-order valence-corrected chi connectivity index (χ2v) is 9.08. The molecule has 34 heavy (non-hydrogen) atoms. The van der Waals surface area contributed by atoms with E-state index in [1.165, 1.54) is 12.8 Å². The summed E-state index contributed by atoms with van der Waals surface area (Å²) in [6.45, 7) is 2.46. The van der Waals surface area contributed by atoms with Crippen LogP contribution in [0.25, 0.3) is 0 Å². The largest absolute Gasteiger partial charge is 0.488 e. The minimum Gasteiger partial charge on any atom is -0.488 e. The molecule has 1 aliphatic rings. The van der Waals surface area contributed by atoms with Crippen LogP contribution in [0.5, 0.6) is 5.75 Å². The number of hydrogen-bond donors (Lipinski definition) is 2. The Kier molecular flexibility index (Phi) is 7.79. The van der Waals surface area contributed by atoms with Gasteiger partial charge in [-0.2, -0.15) is 5.10 Å². The number of nitrogens with zero attached hydrogens (tertiary/aromatic N) is 2. The zero-order valence-electron chi connectivity index (χ0n) is 18.4. The highest BCUT2D eigenvalue weighted by atomic mass is 127. The van der Waals surface area contributed by atoms with Gasteiger partial charge in [-0.05, 0) is 101 Å². The number of halogens is 1. The van der Waals surface area contributed by atoms with Crippen molar-refractivity contribution in [3.8, 4) is 5.75 Å². The van der Waals surface area contributed by atoms with Crippen LogP contribution in [-0.4, -0.2) is 36.3 Å². The van der Waals surface area contributed by atoms with Crippen molar-refractivity contribution in [1.29, 1.82) is 0 Å². The monoisotopic (exact) mass is 569 g/mol. The Balaban J connectivity index is 1.29. The molecule has 0 spiro atoms. The van der Waals surface area contributed by atoms with Gasteiger partial charge in [0, 0.05) is 24.3 Å². The van der Waals surface area contributed by atoms with Gasteiger partial charge in [-0.1, -0.05) is 12.1 Å². The minimum absolute atomic E-state index is 0.244. The van der Waals surface area contributed by atoms with E-state index in [-0.39, 0.29) is 11.5 Å². The summed E-state index contributed by atoms with van der Waals surface area (Å²) >= 11 is 2.18. The third-order valence-electron chi connectivity index (χ3n) is 5.53. The van der Waals surface area contributed by atoms with Gasteiger partial charge >= 0.3 is 5.97 Å². The van der Waals surface area contributed by atoms with Gasteiger partial charge in [-0.3, -0.25) is 4.79 Å². The summed E-state index contributed by atoms with van der Waals surface area (Å²) in [6, 6.07) is 19.8. The van der Waals surface area contributed by atoms with Crippen LogP contribution in [0.2, 0.25) is 0 Å². The Morgan fingerprint density at radius 3 is 2.32 bits per heavy atom. The molecule has 174 valence electrons. The van der Waals surface area contributed by atoms with Crippen LogP contribution >= 0.6 is 22.6 Å². The van der Waals surface area contributed by atoms with Crippen molar-refractivity contribution in [2.75, 3.05) is 18.0 Å².